The monoisotopic (exact) mass is 253 g/mol. The molecule has 0 fully saturated rings. The molecule has 0 saturated heterocycles. The molecule has 6 heteroatoms. The van der Waals surface area contributed by atoms with E-state index in [4.69, 9.17) is 0 Å². The van der Waals surface area contributed by atoms with Gasteiger partial charge in [-0.1, -0.05) is 0 Å². The Hall–Kier alpha value is -1.17. The van der Waals surface area contributed by atoms with Crippen molar-refractivity contribution in [2.45, 2.75) is 19.4 Å². The van der Waals surface area contributed by atoms with Crippen molar-refractivity contribution in [1.29, 1.82) is 0 Å². The number of imidazole rings is 1. The van der Waals surface area contributed by atoms with Crippen LogP contribution in [-0.4, -0.2) is 20.5 Å². The van der Waals surface area contributed by atoms with Crippen molar-refractivity contribution < 1.29 is 39.5 Å². The molecule has 0 radical (unpaired) electrons. The van der Waals surface area contributed by atoms with E-state index in [9.17, 15) is 9.90 Å². The molecular formula is C12H12N3NaO2. The van der Waals surface area contributed by atoms with Crippen molar-refractivity contribution in [1.82, 2.24) is 14.5 Å². The fourth-order valence-electron chi connectivity index (χ4n) is 1.55. The number of aliphatic carboxylic acids is 1. The zero-order chi connectivity index (χ0) is 12.1. The van der Waals surface area contributed by atoms with Crippen molar-refractivity contribution >= 4 is 5.97 Å². The topological polar surface area (TPSA) is 70.8 Å². The molecule has 2 rings (SSSR count). The van der Waals surface area contributed by atoms with Crippen molar-refractivity contribution in [2.24, 2.45) is 0 Å². The molecule has 88 valence electrons. The Labute approximate surface area is 127 Å². The normalized spacial score (nSPS) is 9.78. The Morgan fingerprint density at radius 2 is 2.28 bits per heavy atom. The predicted octanol–water partition coefficient (Wildman–Crippen LogP) is -2.52. The first-order valence-corrected chi connectivity index (χ1v) is 5.38. The van der Waals surface area contributed by atoms with Crippen LogP contribution in [0, 0.1) is 0 Å². The maximum absolute atomic E-state index is 10.3. The van der Waals surface area contributed by atoms with Crippen LogP contribution in [0.25, 0.3) is 11.3 Å². The number of carboxylic acids is 1. The SMILES string of the molecule is O=C([O-])CCCn1cnc(-c2cccnc2)c1.[Na+]. The first-order valence-electron chi connectivity index (χ1n) is 5.38. The zero-order valence-corrected chi connectivity index (χ0v) is 12.2. The van der Waals surface area contributed by atoms with Gasteiger partial charge >= 0.3 is 29.6 Å². The third-order valence-corrected chi connectivity index (χ3v) is 2.39. The number of hydrogen-bond acceptors (Lipinski definition) is 4. The van der Waals surface area contributed by atoms with Crippen LogP contribution < -0.4 is 34.7 Å². The van der Waals surface area contributed by atoms with Crippen molar-refractivity contribution in [3.05, 3.63) is 37.1 Å². The minimum atomic E-state index is -1.02. The Balaban J connectivity index is 0.00000162. The molecule has 0 atom stereocenters. The van der Waals surface area contributed by atoms with E-state index in [0.717, 1.165) is 11.3 Å². The van der Waals surface area contributed by atoms with Gasteiger partial charge in [-0.15, -0.1) is 0 Å². The summed E-state index contributed by atoms with van der Waals surface area (Å²) in [5.74, 6) is -1.02. The van der Waals surface area contributed by atoms with Gasteiger partial charge in [-0.3, -0.25) is 4.98 Å². The molecule has 0 unspecified atom stereocenters. The molecule has 0 amide bonds. The van der Waals surface area contributed by atoms with Gasteiger partial charge < -0.3 is 14.5 Å². The minimum Gasteiger partial charge on any atom is -0.550 e. The van der Waals surface area contributed by atoms with E-state index >= 15 is 0 Å². The molecule has 0 saturated carbocycles. The van der Waals surface area contributed by atoms with Crippen LogP contribution in [0.1, 0.15) is 12.8 Å². The average molecular weight is 253 g/mol. The summed E-state index contributed by atoms with van der Waals surface area (Å²) in [6, 6.07) is 3.78. The number of pyridine rings is 1. The summed E-state index contributed by atoms with van der Waals surface area (Å²) in [7, 11) is 0. The molecule has 0 N–H and O–H groups in total. The van der Waals surface area contributed by atoms with Gasteiger partial charge in [0.15, 0.2) is 0 Å². The summed E-state index contributed by atoms with van der Waals surface area (Å²) in [4.78, 5) is 18.5. The molecule has 0 bridgehead atoms. The molecule has 0 aliphatic carbocycles. The van der Waals surface area contributed by atoms with Gasteiger partial charge in [-0.05, 0) is 25.0 Å². The number of hydrogen-bond donors (Lipinski definition) is 0. The molecule has 2 aromatic rings. The van der Waals surface area contributed by atoms with E-state index in [2.05, 4.69) is 9.97 Å². The molecule has 0 spiro atoms. The van der Waals surface area contributed by atoms with E-state index in [0.29, 0.717) is 13.0 Å². The number of rotatable bonds is 5. The first kappa shape index (κ1) is 14.9. The number of aryl methyl sites for hydroxylation is 1. The van der Waals surface area contributed by atoms with Gasteiger partial charge in [0.25, 0.3) is 0 Å². The third-order valence-electron chi connectivity index (χ3n) is 2.39. The number of carbonyl (C=O) groups excluding carboxylic acids is 1. The van der Waals surface area contributed by atoms with Gasteiger partial charge in [0.05, 0.1) is 12.0 Å². The zero-order valence-electron chi connectivity index (χ0n) is 10.2. The van der Waals surface area contributed by atoms with E-state index < -0.39 is 5.97 Å². The maximum atomic E-state index is 10.3. The minimum absolute atomic E-state index is 0. The quantitative estimate of drug-likeness (QED) is 0.551. The van der Waals surface area contributed by atoms with E-state index in [1.54, 1.807) is 18.7 Å². The Bertz CT molecular complexity index is 499. The van der Waals surface area contributed by atoms with Crippen LogP contribution in [0.4, 0.5) is 0 Å². The van der Waals surface area contributed by atoms with Gasteiger partial charge in [-0.25, -0.2) is 4.98 Å². The van der Waals surface area contributed by atoms with Crippen LogP contribution in [0.2, 0.25) is 0 Å². The van der Waals surface area contributed by atoms with E-state index in [-0.39, 0.29) is 36.0 Å². The molecule has 2 heterocycles. The molecule has 0 aliphatic heterocycles. The van der Waals surface area contributed by atoms with Crippen LogP contribution >= 0.6 is 0 Å². The Morgan fingerprint density at radius 3 is 2.94 bits per heavy atom. The summed E-state index contributed by atoms with van der Waals surface area (Å²) in [5.41, 5.74) is 1.79. The summed E-state index contributed by atoms with van der Waals surface area (Å²) in [6.45, 7) is 0.626. The summed E-state index contributed by atoms with van der Waals surface area (Å²) in [6.07, 6.45) is 7.64. The van der Waals surface area contributed by atoms with E-state index in [1.165, 1.54) is 0 Å². The fraction of sp³-hybridized carbons (Fsp3) is 0.250. The smallest absolute Gasteiger partial charge is 0.550 e. The van der Waals surface area contributed by atoms with Crippen molar-refractivity contribution in [3.8, 4) is 11.3 Å². The molecule has 18 heavy (non-hydrogen) atoms. The standard InChI is InChI=1S/C12H13N3O2.Na/c16-12(17)4-2-6-15-8-11(14-9-15)10-3-1-5-13-7-10;/h1,3,5,7-9H,2,4,6H2,(H,16,17);/q;+1/p-1. The molecule has 0 aromatic carbocycles. The largest absolute Gasteiger partial charge is 1.00 e. The summed E-state index contributed by atoms with van der Waals surface area (Å²) in [5, 5.41) is 10.3. The number of nitrogens with zero attached hydrogens (tertiary/aromatic N) is 3. The third kappa shape index (κ3) is 4.25. The Kier molecular flexibility index (Phi) is 6.04. The van der Waals surface area contributed by atoms with Gasteiger partial charge in [0, 0.05) is 36.7 Å². The van der Waals surface area contributed by atoms with Gasteiger partial charge in [0.2, 0.25) is 0 Å². The fourth-order valence-corrected chi connectivity index (χ4v) is 1.55. The second-order valence-electron chi connectivity index (χ2n) is 3.71. The van der Waals surface area contributed by atoms with Crippen LogP contribution in [0.5, 0.6) is 0 Å². The number of aromatic nitrogens is 3. The Morgan fingerprint density at radius 1 is 1.44 bits per heavy atom. The van der Waals surface area contributed by atoms with E-state index in [1.807, 2.05) is 22.9 Å². The molecule has 2 aromatic heterocycles. The molecule has 5 nitrogen and oxygen atoms in total. The second-order valence-corrected chi connectivity index (χ2v) is 3.71. The number of carboxylic acid groups (broad SMARTS) is 1. The van der Waals surface area contributed by atoms with Crippen LogP contribution in [0.3, 0.4) is 0 Å². The summed E-state index contributed by atoms with van der Waals surface area (Å²) >= 11 is 0. The molecule has 0 aliphatic rings. The van der Waals surface area contributed by atoms with Crippen molar-refractivity contribution in [2.75, 3.05) is 0 Å². The van der Waals surface area contributed by atoms with Crippen LogP contribution in [-0.2, 0) is 11.3 Å². The number of carbonyl (C=O) groups is 1. The predicted molar refractivity (Wildman–Crippen MR) is 59.7 cm³/mol. The first-order chi connectivity index (χ1) is 8.25. The van der Waals surface area contributed by atoms with Crippen molar-refractivity contribution in [3.63, 3.8) is 0 Å². The average Bonchev–Trinajstić information content (AvgIpc) is 2.78. The second kappa shape index (κ2) is 7.31. The maximum Gasteiger partial charge on any atom is 1.00 e. The van der Waals surface area contributed by atoms with Gasteiger partial charge in [-0.2, -0.15) is 0 Å². The molecular weight excluding hydrogens is 241 g/mol. The van der Waals surface area contributed by atoms with Crippen LogP contribution in [0.15, 0.2) is 37.1 Å². The summed E-state index contributed by atoms with van der Waals surface area (Å²) < 4.78 is 1.87. The van der Waals surface area contributed by atoms with Gasteiger partial charge in [0.1, 0.15) is 0 Å².